The molecule has 0 spiro atoms. The molecule has 1 amide bonds. The number of para-hydroxylation sites is 1. The van der Waals surface area contributed by atoms with E-state index in [4.69, 9.17) is 16.2 Å². The van der Waals surface area contributed by atoms with Crippen LogP contribution in [0.5, 0.6) is 5.75 Å². The minimum Gasteiger partial charge on any atom is -0.497 e. The molecule has 2 aromatic carbocycles. The summed E-state index contributed by atoms with van der Waals surface area (Å²) >= 11 is 0. The van der Waals surface area contributed by atoms with Crippen molar-refractivity contribution in [2.75, 3.05) is 24.3 Å². The van der Waals surface area contributed by atoms with Gasteiger partial charge in [0.05, 0.1) is 12.7 Å². The first kappa shape index (κ1) is 17.6. The Hall–Kier alpha value is -2.79. The van der Waals surface area contributed by atoms with Gasteiger partial charge in [-0.3, -0.25) is 9.69 Å². The van der Waals surface area contributed by atoms with Crippen molar-refractivity contribution in [1.82, 2.24) is 0 Å². The maximum absolute atomic E-state index is 13.1. The number of amides is 1. The van der Waals surface area contributed by atoms with Crippen molar-refractivity contribution >= 4 is 17.3 Å². The van der Waals surface area contributed by atoms with Gasteiger partial charge in [-0.25, -0.2) is 0 Å². The molecule has 0 bridgehead atoms. The van der Waals surface area contributed by atoms with Crippen LogP contribution in [-0.4, -0.2) is 19.6 Å². The van der Waals surface area contributed by atoms with Crippen LogP contribution in [0, 0.1) is 0 Å². The van der Waals surface area contributed by atoms with Crippen molar-refractivity contribution in [2.24, 2.45) is 5.73 Å². The fourth-order valence-corrected chi connectivity index (χ4v) is 2.49. The Morgan fingerprint density at radius 2 is 1.83 bits per heavy atom. The van der Waals surface area contributed by atoms with Crippen LogP contribution >= 0.6 is 0 Å². The van der Waals surface area contributed by atoms with Gasteiger partial charge in [0.2, 0.25) is 0 Å². The number of nitrogens with zero attached hydrogens (tertiary/aromatic N) is 1. The first-order valence-corrected chi connectivity index (χ1v) is 7.80. The molecule has 5 heteroatoms. The maximum atomic E-state index is 13.1. The smallest absolute Gasteiger partial charge is 0.264 e. The van der Waals surface area contributed by atoms with Crippen molar-refractivity contribution < 1.29 is 9.53 Å². The quantitative estimate of drug-likeness (QED) is 0.799. The van der Waals surface area contributed by atoms with Gasteiger partial charge in [0.1, 0.15) is 5.75 Å². The predicted molar refractivity (Wildman–Crippen MR) is 98.1 cm³/mol. The van der Waals surface area contributed by atoms with Crippen LogP contribution in [-0.2, 0) is 0 Å². The number of hydrogen-bond donors (Lipinski definition) is 2. The molecular formula is C19H23N3O2. The average molecular weight is 325 g/mol. The molecule has 5 nitrogen and oxygen atoms in total. The van der Waals surface area contributed by atoms with Gasteiger partial charge in [-0.15, -0.1) is 0 Å². The second-order valence-corrected chi connectivity index (χ2v) is 5.24. The highest BCUT2D eigenvalue weighted by Gasteiger charge is 2.22. The second-order valence-electron chi connectivity index (χ2n) is 5.24. The Morgan fingerprint density at radius 3 is 2.38 bits per heavy atom. The molecule has 24 heavy (non-hydrogen) atoms. The fourth-order valence-electron chi connectivity index (χ4n) is 2.49. The van der Waals surface area contributed by atoms with E-state index in [2.05, 4.69) is 0 Å². The number of nitrogens with two attached hydrogens (primary N) is 2. The van der Waals surface area contributed by atoms with Gasteiger partial charge in [-0.2, -0.15) is 0 Å². The summed E-state index contributed by atoms with van der Waals surface area (Å²) in [4.78, 5) is 14.8. The molecule has 0 atom stereocenters. The number of hydrogen-bond acceptors (Lipinski definition) is 4. The Balaban J connectivity index is 2.49. The third kappa shape index (κ3) is 3.75. The van der Waals surface area contributed by atoms with Crippen molar-refractivity contribution in [3.8, 4) is 5.75 Å². The third-order valence-electron chi connectivity index (χ3n) is 3.75. The van der Waals surface area contributed by atoms with Crippen LogP contribution in [0.1, 0.15) is 23.7 Å². The first-order chi connectivity index (χ1) is 11.6. The van der Waals surface area contributed by atoms with Gasteiger partial charge >= 0.3 is 0 Å². The average Bonchev–Trinajstić information content (AvgIpc) is 2.62. The standard InChI is InChI=1S/C19H23N3O2/c1-3-14(12-13-20)22(15-8-10-16(24-2)11-9-15)19(23)17-6-4-5-7-18(17)21/h3-11H,12-13,20-21H2,1-2H3. The number of benzene rings is 2. The van der Waals surface area contributed by atoms with Gasteiger partial charge in [0.25, 0.3) is 5.91 Å². The lowest BCUT2D eigenvalue weighted by Gasteiger charge is -2.26. The normalized spacial score (nSPS) is 11.2. The molecule has 2 aromatic rings. The number of ether oxygens (including phenoxy) is 1. The highest BCUT2D eigenvalue weighted by Crippen LogP contribution is 2.27. The van der Waals surface area contributed by atoms with Crippen LogP contribution in [0.25, 0.3) is 0 Å². The van der Waals surface area contributed by atoms with E-state index < -0.39 is 0 Å². The highest BCUT2D eigenvalue weighted by atomic mass is 16.5. The lowest BCUT2D eigenvalue weighted by molar-refractivity contribution is 0.0995. The SMILES string of the molecule is CC=C(CCN)N(C(=O)c1ccccc1N)c1ccc(OC)cc1. The number of carbonyl (C=O) groups excluding carboxylic acids is 1. The summed E-state index contributed by atoms with van der Waals surface area (Å²) in [6.07, 6.45) is 2.48. The number of rotatable bonds is 6. The molecule has 0 unspecified atom stereocenters. The summed E-state index contributed by atoms with van der Waals surface area (Å²) < 4.78 is 5.19. The monoisotopic (exact) mass is 325 g/mol. The van der Waals surface area contributed by atoms with E-state index in [-0.39, 0.29) is 5.91 Å². The summed E-state index contributed by atoms with van der Waals surface area (Å²) in [5.74, 6) is 0.547. The molecule has 0 fully saturated rings. The Kier molecular flexibility index (Phi) is 5.98. The molecule has 4 N–H and O–H groups in total. The van der Waals surface area contributed by atoms with Gasteiger partial charge < -0.3 is 16.2 Å². The van der Waals surface area contributed by atoms with Crippen molar-refractivity contribution in [2.45, 2.75) is 13.3 Å². The van der Waals surface area contributed by atoms with Crippen LogP contribution in [0.2, 0.25) is 0 Å². The molecule has 0 heterocycles. The largest absolute Gasteiger partial charge is 0.497 e. The lowest BCUT2D eigenvalue weighted by atomic mass is 10.1. The van der Waals surface area contributed by atoms with Crippen molar-refractivity contribution in [1.29, 1.82) is 0 Å². The Labute approximate surface area is 142 Å². The number of anilines is 2. The van der Waals surface area contributed by atoms with Gasteiger partial charge in [0.15, 0.2) is 0 Å². The topological polar surface area (TPSA) is 81.6 Å². The summed E-state index contributed by atoms with van der Waals surface area (Å²) in [5, 5.41) is 0. The van der Waals surface area contributed by atoms with Crippen LogP contribution < -0.4 is 21.1 Å². The lowest BCUT2D eigenvalue weighted by Crippen LogP contribution is -2.31. The van der Waals surface area contributed by atoms with Gasteiger partial charge in [0, 0.05) is 23.5 Å². The fraction of sp³-hybridized carbons (Fsp3) is 0.211. The number of methoxy groups -OCH3 is 1. The van der Waals surface area contributed by atoms with E-state index in [1.165, 1.54) is 0 Å². The van der Waals surface area contributed by atoms with E-state index in [9.17, 15) is 4.79 Å². The summed E-state index contributed by atoms with van der Waals surface area (Å²) in [6.45, 7) is 2.34. The minimum atomic E-state index is -0.181. The zero-order valence-corrected chi connectivity index (χ0v) is 14.0. The predicted octanol–water partition coefficient (Wildman–Crippen LogP) is 3.18. The number of carbonyl (C=O) groups is 1. The Morgan fingerprint density at radius 1 is 1.17 bits per heavy atom. The van der Waals surface area contributed by atoms with Crippen molar-refractivity contribution in [3.63, 3.8) is 0 Å². The molecular weight excluding hydrogens is 302 g/mol. The van der Waals surface area contributed by atoms with E-state index in [1.807, 2.05) is 37.3 Å². The summed E-state index contributed by atoms with van der Waals surface area (Å²) in [7, 11) is 1.61. The molecule has 0 aliphatic heterocycles. The molecule has 0 radical (unpaired) electrons. The molecule has 0 saturated heterocycles. The number of allylic oxidation sites excluding steroid dienone is 1. The second kappa shape index (κ2) is 8.17. The third-order valence-corrected chi connectivity index (χ3v) is 3.75. The minimum absolute atomic E-state index is 0.181. The Bertz CT molecular complexity index is 724. The van der Waals surface area contributed by atoms with Crippen molar-refractivity contribution in [3.05, 3.63) is 65.9 Å². The summed E-state index contributed by atoms with van der Waals surface area (Å²) in [5.41, 5.74) is 14.2. The van der Waals surface area contributed by atoms with E-state index >= 15 is 0 Å². The van der Waals surface area contributed by atoms with Gasteiger partial charge in [-0.1, -0.05) is 18.2 Å². The van der Waals surface area contributed by atoms with E-state index in [1.54, 1.807) is 36.3 Å². The zero-order valence-electron chi connectivity index (χ0n) is 14.0. The summed E-state index contributed by atoms with van der Waals surface area (Å²) in [6, 6.07) is 14.4. The highest BCUT2D eigenvalue weighted by molar-refractivity contribution is 6.11. The molecule has 126 valence electrons. The maximum Gasteiger partial charge on any atom is 0.264 e. The van der Waals surface area contributed by atoms with E-state index in [0.29, 0.717) is 24.2 Å². The van der Waals surface area contributed by atoms with Crippen LogP contribution in [0.3, 0.4) is 0 Å². The van der Waals surface area contributed by atoms with Crippen LogP contribution in [0.4, 0.5) is 11.4 Å². The molecule has 0 aliphatic carbocycles. The molecule has 0 aliphatic rings. The zero-order chi connectivity index (χ0) is 17.5. The molecule has 0 aromatic heterocycles. The van der Waals surface area contributed by atoms with Crippen LogP contribution in [0.15, 0.2) is 60.3 Å². The molecule has 0 saturated carbocycles. The van der Waals surface area contributed by atoms with Gasteiger partial charge in [-0.05, 0) is 49.9 Å². The molecule has 2 rings (SSSR count). The number of nitrogen functional groups attached to an aromatic ring is 1. The first-order valence-electron chi connectivity index (χ1n) is 7.80. The van der Waals surface area contributed by atoms with E-state index in [0.717, 1.165) is 17.1 Å².